The van der Waals surface area contributed by atoms with Crippen LogP contribution in [0.2, 0.25) is 0 Å². The number of aromatic nitrogens is 1. The van der Waals surface area contributed by atoms with E-state index in [1.165, 1.54) is 0 Å². The van der Waals surface area contributed by atoms with Crippen LogP contribution >= 0.6 is 0 Å². The van der Waals surface area contributed by atoms with Crippen molar-refractivity contribution < 1.29 is 9.47 Å². The molecule has 0 spiro atoms. The fourth-order valence-electron chi connectivity index (χ4n) is 7.32. The fraction of sp³-hybridized carbons (Fsp3) is 0. The second-order valence-electron chi connectivity index (χ2n) is 11.5. The van der Waals surface area contributed by atoms with Crippen LogP contribution in [0.1, 0.15) is 0 Å². The maximum atomic E-state index is 14.0. The maximum absolute atomic E-state index is 14.0. The van der Waals surface area contributed by atoms with Crippen molar-refractivity contribution in [3.8, 4) is 34.1 Å². The Bertz CT molecular complexity index is 2680. The molecule has 2 aliphatic rings. The number of hydrogen-bond acceptors (Lipinski definition) is 4. The second kappa shape index (κ2) is 8.36. The largest absolute Gasteiger partial charge is 0.458 e. The van der Waals surface area contributed by atoms with Crippen LogP contribution in [0, 0.1) is 0 Å². The second-order valence-corrected chi connectivity index (χ2v) is 11.5. The van der Waals surface area contributed by atoms with Crippen LogP contribution in [0.25, 0.3) is 49.2 Å². The molecule has 0 unspecified atom stereocenters. The van der Waals surface area contributed by atoms with E-state index in [2.05, 4.69) is 28.7 Å². The Morgan fingerprint density at radius 3 is 1.93 bits per heavy atom. The highest BCUT2D eigenvalue weighted by Crippen LogP contribution is 2.36. The number of pyridine rings is 2. The molecule has 2 aliphatic heterocycles. The van der Waals surface area contributed by atoms with Gasteiger partial charge >= 0.3 is 0 Å². The molecule has 4 heterocycles. The van der Waals surface area contributed by atoms with Gasteiger partial charge in [0.1, 0.15) is 23.0 Å². The van der Waals surface area contributed by atoms with E-state index in [1.54, 1.807) is 6.07 Å². The number of benzene rings is 6. The van der Waals surface area contributed by atoms with E-state index in [0.717, 1.165) is 61.5 Å². The van der Waals surface area contributed by atoms with Gasteiger partial charge in [-0.15, -0.1) is 0 Å². The molecule has 0 aliphatic carbocycles. The topological polar surface area (TPSA) is 57.0 Å². The van der Waals surface area contributed by atoms with Gasteiger partial charge in [0.05, 0.1) is 16.6 Å². The van der Waals surface area contributed by atoms with E-state index in [4.69, 9.17) is 9.47 Å². The van der Waals surface area contributed by atoms with Crippen LogP contribution in [0.15, 0.2) is 131 Å². The van der Waals surface area contributed by atoms with E-state index >= 15 is 0 Å². The van der Waals surface area contributed by atoms with Crippen molar-refractivity contribution in [1.29, 1.82) is 0 Å². The molecule has 0 radical (unpaired) electrons. The lowest BCUT2D eigenvalue weighted by Gasteiger charge is -2.32. The minimum absolute atomic E-state index is 0.00152. The van der Waals surface area contributed by atoms with E-state index in [1.807, 2.05) is 91.0 Å². The molecule has 0 saturated heterocycles. The lowest BCUT2D eigenvalue weighted by molar-refractivity contribution is 0.464. The van der Waals surface area contributed by atoms with Crippen LogP contribution in [0.3, 0.4) is 0 Å². The summed E-state index contributed by atoms with van der Waals surface area (Å²) in [5.41, 5.74) is 7.18. The van der Waals surface area contributed by atoms with Crippen LogP contribution in [-0.2, 0) is 0 Å². The first-order valence-corrected chi connectivity index (χ1v) is 14.6. The third kappa shape index (κ3) is 2.99. The van der Waals surface area contributed by atoms with Crippen LogP contribution in [-0.4, -0.2) is 11.1 Å². The third-order valence-corrected chi connectivity index (χ3v) is 9.26. The molecule has 0 N–H and O–H groups in total. The number of nitrogens with zero attached hydrogens (tertiary/aromatic N) is 1. The predicted molar refractivity (Wildman–Crippen MR) is 177 cm³/mol. The van der Waals surface area contributed by atoms with Crippen molar-refractivity contribution in [2.24, 2.45) is 0 Å². The normalized spacial score (nSPS) is 13.0. The number of rotatable bonds is 1. The Labute approximate surface area is 250 Å². The zero-order valence-corrected chi connectivity index (χ0v) is 23.2. The van der Waals surface area contributed by atoms with Gasteiger partial charge in [-0.2, -0.15) is 0 Å². The molecule has 6 heteroatoms. The summed E-state index contributed by atoms with van der Waals surface area (Å²) in [6, 6.07) is 39.4. The molecule has 8 aromatic rings. The molecule has 5 nitrogen and oxygen atoms in total. The number of fused-ring (bicyclic) bond motifs is 8. The molecule has 6 aromatic carbocycles. The number of para-hydroxylation sites is 3. The van der Waals surface area contributed by atoms with Crippen molar-refractivity contribution in [2.75, 3.05) is 0 Å². The van der Waals surface area contributed by atoms with Crippen molar-refractivity contribution >= 4 is 61.2 Å². The highest BCUT2D eigenvalue weighted by atomic mass is 16.5. The van der Waals surface area contributed by atoms with Gasteiger partial charge in [0.2, 0.25) is 0 Å². The summed E-state index contributed by atoms with van der Waals surface area (Å²) >= 11 is 0. The molecular formula is C38H20BNO4. The summed E-state index contributed by atoms with van der Waals surface area (Å²) in [6.45, 7) is 0.00152. The van der Waals surface area contributed by atoms with Crippen LogP contribution in [0.4, 0.5) is 0 Å². The summed E-state index contributed by atoms with van der Waals surface area (Å²) in [4.78, 5) is 27.4. The maximum Gasteiger partial charge on any atom is 0.260 e. The van der Waals surface area contributed by atoms with Crippen molar-refractivity contribution in [1.82, 2.24) is 4.40 Å². The zero-order chi connectivity index (χ0) is 29.1. The molecule has 204 valence electrons. The molecule has 10 rings (SSSR count). The Morgan fingerprint density at radius 1 is 0.477 bits per heavy atom. The minimum atomic E-state index is -0.0865. The smallest absolute Gasteiger partial charge is 0.260 e. The Morgan fingerprint density at radius 2 is 1.07 bits per heavy atom. The van der Waals surface area contributed by atoms with Gasteiger partial charge in [0.25, 0.3) is 6.71 Å². The summed E-state index contributed by atoms with van der Waals surface area (Å²) in [6.07, 6.45) is 0. The van der Waals surface area contributed by atoms with Crippen molar-refractivity contribution in [3.05, 3.63) is 142 Å². The van der Waals surface area contributed by atoms with Gasteiger partial charge in [-0.3, -0.25) is 9.59 Å². The Hall–Kier alpha value is -5.88. The van der Waals surface area contributed by atoms with E-state index < -0.39 is 0 Å². The van der Waals surface area contributed by atoms with Gasteiger partial charge in [-0.25, -0.2) is 0 Å². The molecule has 44 heavy (non-hydrogen) atoms. The molecule has 0 saturated carbocycles. The zero-order valence-electron chi connectivity index (χ0n) is 23.2. The van der Waals surface area contributed by atoms with Gasteiger partial charge in [0.15, 0.2) is 10.9 Å². The van der Waals surface area contributed by atoms with Crippen molar-refractivity contribution in [2.45, 2.75) is 0 Å². The first kappa shape index (κ1) is 23.7. The van der Waals surface area contributed by atoms with Crippen LogP contribution < -0.4 is 36.7 Å². The summed E-state index contributed by atoms with van der Waals surface area (Å²) in [5, 5.41) is 2.32. The third-order valence-electron chi connectivity index (χ3n) is 9.26. The molecule has 0 atom stereocenters. The molecule has 0 bridgehead atoms. The average Bonchev–Trinajstić information content (AvgIpc) is 3.07. The van der Waals surface area contributed by atoms with E-state index in [9.17, 15) is 9.59 Å². The summed E-state index contributed by atoms with van der Waals surface area (Å²) in [5.74, 6) is 3.25. The van der Waals surface area contributed by atoms with Gasteiger partial charge in [-0.1, -0.05) is 60.7 Å². The molecule has 2 aromatic heterocycles. The molecule has 0 amide bonds. The minimum Gasteiger partial charge on any atom is -0.458 e. The monoisotopic (exact) mass is 565 g/mol. The highest BCUT2D eigenvalue weighted by Gasteiger charge is 2.39. The molecule has 0 fully saturated rings. The van der Waals surface area contributed by atoms with Crippen LogP contribution in [0.5, 0.6) is 23.0 Å². The fourth-order valence-corrected chi connectivity index (χ4v) is 7.32. The highest BCUT2D eigenvalue weighted by molar-refractivity contribution is 6.98. The lowest BCUT2D eigenvalue weighted by atomic mass is 9.35. The Kier molecular flexibility index (Phi) is 4.50. The molecular weight excluding hydrogens is 545 g/mol. The summed E-state index contributed by atoms with van der Waals surface area (Å²) < 4.78 is 14.8. The number of hydrogen-bond donors (Lipinski definition) is 0. The van der Waals surface area contributed by atoms with Crippen molar-refractivity contribution in [3.63, 3.8) is 0 Å². The van der Waals surface area contributed by atoms with E-state index in [0.29, 0.717) is 27.1 Å². The van der Waals surface area contributed by atoms with Gasteiger partial charge in [0, 0.05) is 27.0 Å². The lowest BCUT2D eigenvalue weighted by Crippen LogP contribution is -2.57. The van der Waals surface area contributed by atoms with Gasteiger partial charge < -0.3 is 13.9 Å². The quantitative estimate of drug-likeness (QED) is 0.140. The standard InChI is InChI=1S/C38H20BNO4/c41-37-23-7-1-3-11-29(23)40-30-18-16-21(19-26(30)38(42)25-9-5-8-24(37)36(25)40)22-15-17-28-34(20-22)44-33-14-6-13-32-35(33)39(28)27-10-2-4-12-31(27)43-32/h1-20H. The first-order chi connectivity index (χ1) is 21.7. The average molecular weight is 565 g/mol. The Balaban J connectivity index is 1.20. The predicted octanol–water partition coefficient (Wildman–Crippen LogP) is 5.95. The SMILES string of the molecule is O=c1c2ccccc2n2c3ccc(-c4ccc5c(c4)Oc4cccc6c4B5c4ccccc4O6)cc3c(=O)c3cccc1c32. The number of ether oxygens (including phenoxy) is 2. The summed E-state index contributed by atoms with van der Waals surface area (Å²) in [7, 11) is 0. The van der Waals surface area contributed by atoms with E-state index in [-0.39, 0.29) is 17.6 Å². The first-order valence-electron chi connectivity index (χ1n) is 14.6. The van der Waals surface area contributed by atoms with Gasteiger partial charge in [-0.05, 0) is 82.7 Å².